The number of aryl methyl sites for hydroxylation is 2. The summed E-state index contributed by atoms with van der Waals surface area (Å²) in [6, 6.07) is 0. The van der Waals surface area contributed by atoms with E-state index in [9.17, 15) is 0 Å². The van der Waals surface area contributed by atoms with E-state index in [-0.39, 0.29) is 0 Å². The number of aromatic nitrogens is 2. The third-order valence-corrected chi connectivity index (χ3v) is 2.96. The molecule has 0 aromatic carbocycles. The molecule has 0 saturated carbocycles. The highest BCUT2D eigenvalue weighted by molar-refractivity contribution is 6.30. The fourth-order valence-corrected chi connectivity index (χ4v) is 1.78. The molecule has 0 amide bonds. The van der Waals surface area contributed by atoms with E-state index in [1.807, 2.05) is 13.8 Å². The molecule has 2 heterocycles. The standard InChI is InChI=1S/C11H15ClN2O2/c1-7-8(2)14-11(10(12)13-7)16-6-9-3-4-15-5-9/h9H,3-6H2,1-2H3. The Bertz CT molecular complexity index is 378. The van der Waals surface area contributed by atoms with E-state index in [4.69, 9.17) is 21.1 Å². The molecule has 0 N–H and O–H groups in total. The summed E-state index contributed by atoms with van der Waals surface area (Å²) in [5.74, 6) is 0.871. The van der Waals surface area contributed by atoms with Gasteiger partial charge in [-0.05, 0) is 20.3 Å². The van der Waals surface area contributed by atoms with Gasteiger partial charge in [0, 0.05) is 12.5 Å². The summed E-state index contributed by atoms with van der Waals surface area (Å²) in [6.07, 6.45) is 1.04. The Balaban J connectivity index is 2.00. The second-order valence-corrected chi connectivity index (χ2v) is 4.39. The molecule has 1 unspecified atom stereocenters. The van der Waals surface area contributed by atoms with Crippen molar-refractivity contribution in [3.05, 3.63) is 16.5 Å². The Kier molecular flexibility index (Phi) is 3.61. The van der Waals surface area contributed by atoms with Gasteiger partial charge >= 0.3 is 0 Å². The molecule has 0 radical (unpaired) electrons. The van der Waals surface area contributed by atoms with Gasteiger partial charge in [0.25, 0.3) is 5.88 Å². The molecule has 1 saturated heterocycles. The number of hydrogen-bond donors (Lipinski definition) is 0. The van der Waals surface area contributed by atoms with Gasteiger partial charge in [-0.3, -0.25) is 0 Å². The van der Waals surface area contributed by atoms with E-state index in [2.05, 4.69) is 9.97 Å². The summed E-state index contributed by atoms with van der Waals surface area (Å²) in [4.78, 5) is 8.44. The van der Waals surface area contributed by atoms with E-state index in [1.165, 1.54) is 0 Å². The molecule has 88 valence electrons. The van der Waals surface area contributed by atoms with Crippen LogP contribution in [0.25, 0.3) is 0 Å². The zero-order valence-corrected chi connectivity index (χ0v) is 10.3. The molecule has 16 heavy (non-hydrogen) atoms. The number of rotatable bonds is 3. The monoisotopic (exact) mass is 242 g/mol. The molecule has 5 heteroatoms. The Hall–Kier alpha value is -0.870. The normalized spacial score (nSPS) is 20.1. The first kappa shape index (κ1) is 11.6. The van der Waals surface area contributed by atoms with Crippen LogP contribution in [0.15, 0.2) is 0 Å². The Morgan fingerprint density at radius 3 is 2.81 bits per heavy atom. The van der Waals surface area contributed by atoms with Crippen molar-refractivity contribution in [2.45, 2.75) is 20.3 Å². The molecular formula is C11H15ClN2O2. The largest absolute Gasteiger partial charge is 0.475 e. The highest BCUT2D eigenvalue weighted by atomic mass is 35.5. The number of hydrogen-bond acceptors (Lipinski definition) is 4. The Labute approximate surface area is 99.9 Å². The Morgan fingerprint density at radius 2 is 2.12 bits per heavy atom. The van der Waals surface area contributed by atoms with Gasteiger partial charge in [-0.2, -0.15) is 0 Å². The van der Waals surface area contributed by atoms with Crippen LogP contribution in [0.2, 0.25) is 5.15 Å². The molecule has 0 aliphatic carbocycles. The van der Waals surface area contributed by atoms with Gasteiger partial charge in [0.05, 0.1) is 24.6 Å². The van der Waals surface area contributed by atoms with Crippen LogP contribution in [-0.2, 0) is 4.74 Å². The predicted octanol–water partition coefficient (Wildman–Crippen LogP) is 2.16. The lowest BCUT2D eigenvalue weighted by Gasteiger charge is -2.11. The van der Waals surface area contributed by atoms with Crippen LogP contribution in [0.3, 0.4) is 0 Å². The quantitative estimate of drug-likeness (QED) is 0.815. The Morgan fingerprint density at radius 1 is 1.38 bits per heavy atom. The number of halogens is 1. The summed E-state index contributed by atoms with van der Waals surface area (Å²) < 4.78 is 10.8. The van der Waals surface area contributed by atoms with Crippen LogP contribution in [0, 0.1) is 19.8 Å². The van der Waals surface area contributed by atoms with Crippen molar-refractivity contribution >= 4 is 11.6 Å². The van der Waals surface area contributed by atoms with Crippen molar-refractivity contribution < 1.29 is 9.47 Å². The molecule has 1 aromatic rings. The SMILES string of the molecule is Cc1nc(Cl)c(OCC2CCOC2)nc1C. The van der Waals surface area contributed by atoms with Crippen LogP contribution in [-0.4, -0.2) is 29.8 Å². The molecule has 1 aliphatic heterocycles. The highest BCUT2D eigenvalue weighted by Crippen LogP contribution is 2.22. The molecule has 1 aromatic heterocycles. The molecule has 1 aliphatic rings. The second kappa shape index (κ2) is 4.97. The molecule has 4 nitrogen and oxygen atoms in total. The minimum absolute atomic E-state index is 0.335. The number of ether oxygens (including phenoxy) is 2. The third-order valence-electron chi connectivity index (χ3n) is 2.71. The summed E-state index contributed by atoms with van der Waals surface area (Å²) in [5.41, 5.74) is 1.68. The fraction of sp³-hybridized carbons (Fsp3) is 0.636. The van der Waals surface area contributed by atoms with Crippen molar-refractivity contribution in [3.8, 4) is 5.88 Å². The molecular weight excluding hydrogens is 228 g/mol. The minimum atomic E-state index is 0.335. The first-order valence-electron chi connectivity index (χ1n) is 5.38. The maximum atomic E-state index is 5.96. The van der Waals surface area contributed by atoms with Gasteiger partial charge in [-0.15, -0.1) is 0 Å². The first-order chi connectivity index (χ1) is 7.66. The molecule has 0 bridgehead atoms. The average molecular weight is 243 g/mol. The third kappa shape index (κ3) is 2.62. The smallest absolute Gasteiger partial charge is 0.252 e. The summed E-state index contributed by atoms with van der Waals surface area (Å²) in [7, 11) is 0. The minimum Gasteiger partial charge on any atom is -0.475 e. The second-order valence-electron chi connectivity index (χ2n) is 4.03. The van der Waals surface area contributed by atoms with Crippen molar-refractivity contribution in [1.29, 1.82) is 0 Å². The summed E-state index contributed by atoms with van der Waals surface area (Å²) in [5, 5.41) is 0.335. The zero-order chi connectivity index (χ0) is 11.5. The average Bonchev–Trinajstić information content (AvgIpc) is 2.74. The van der Waals surface area contributed by atoms with Crippen LogP contribution in [0.5, 0.6) is 5.88 Å². The van der Waals surface area contributed by atoms with Gasteiger partial charge in [-0.1, -0.05) is 11.6 Å². The maximum absolute atomic E-state index is 5.96. The van der Waals surface area contributed by atoms with Crippen LogP contribution in [0.1, 0.15) is 17.8 Å². The molecule has 1 atom stereocenters. The van der Waals surface area contributed by atoms with Crippen LogP contribution >= 0.6 is 11.6 Å². The first-order valence-corrected chi connectivity index (χ1v) is 5.76. The van der Waals surface area contributed by atoms with E-state index >= 15 is 0 Å². The van der Waals surface area contributed by atoms with Crippen molar-refractivity contribution in [2.75, 3.05) is 19.8 Å². The zero-order valence-electron chi connectivity index (χ0n) is 9.49. The summed E-state index contributed by atoms with van der Waals surface area (Å²) in [6.45, 7) is 5.94. The van der Waals surface area contributed by atoms with Crippen LogP contribution < -0.4 is 4.74 Å². The van der Waals surface area contributed by atoms with Crippen molar-refractivity contribution in [1.82, 2.24) is 9.97 Å². The maximum Gasteiger partial charge on any atom is 0.252 e. The molecule has 1 fully saturated rings. The van der Waals surface area contributed by atoms with Gasteiger partial charge < -0.3 is 9.47 Å². The van der Waals surface area contributed by atoms with E-state index in [1.54, 1.807) is 0 Å². The van der Waals surface area contributed by atoms with Gasteiger partial charge in [-0.25, -0.2) is 9.97 Å². The predicted molar refractivity (Wildman–Crippen MR) is 60.9 cm³/mol. The van der Waals surface area contributed by atoms with Crippen molar-refractivity contribution in [2.24, 2.45) is 5.92 Å². The lowest BCUT2D eigenvalue weighted by Crippen LogP contribution is -2.13. The fourth-order valence-electron chi connectivity index (χ4n) is 1.56. The van der Waals surface area contributed by atoms with Gasteiger partial charge in [0.2, 0.25) is 0 Å². The van der Waals surface area contributed by atoms with E-state index in [0.29, 0.717) is 23.6 Å². The van der Waals surface area contributed by atoms with Gasteiger partial charge in [0.1, 0.15) is 0 Å². The lowest BCUT2D eigenvalue weighted by molar-refractivity contribution is 0.165. The van der Waals surface area contributed by atoms with Crippen LogP contribution in [0.4, 0.5) is 0 Å². The lowest BCUT2D eigenvalue weighted by atomic mass is 10.1. The van der Waals surface area contributed by atoms with E-state index in [0.717, 1.165) is 31.0 Å². The summed E-state index contributed by atoms with van der Waals surface area (Å²) >= 11 is 5.96. The van der Waals surface area contributed by atoms with E-state index < -0.39 is 0 Å². The van der Waals surface area contributed by atoms with Crippen molar-refractivity contribution in [3.63, 3.8) is 0 Å². The van der Waals surface area contributed by atoms with Gasteiger partial charge in [0.15, 0.2) is 5.15 Å². The number of nitrogens with zero attached hydrogens (tertiary/aromatic N) is 2. The molecule has 0 spiro atoms. The molecule has 2 rings (SSSR count). The topological polar surface area (TPSA) is 44.2 Å². The highest BCUT2D eigenvalue weighted by Gasteiger charge is 2.17.